The Morgan fingerprint density at radius 3 is 1.28 bits per heavy atom. The zero-order chi connectivity index (χ0) is 34.9. The summed E-state index contributed by atoms with van der Waals surface area (Å²) in [5.41, 5.74) is 7.95. The second-order valence-electron chi connectivity index (χ2n) is 12.7. The Hall–Kier alpha value is -2.70. The van der Waals surface area contributed by atoms with Crippen molar-refractivity contribution in [2.75, 3.05) is 27.4 Å². The van der Waals surface area contributed by atoms with Crippen LogP contribution < -0.4 is 0 Å². The van der Waals surface area contributed by atoms with E-state index in [0.717, 1.165) is 43.2 Å². The zero-order valence-corrected chi connectivity index (χ0v) is 30.7. The van der Waals surface area contributed by atoms with Gasteiger partial charge in [0, 0.05) is 14.2 Å². The molecule has 6 nitrogen and oxygen atoms in total. The van der Waals surface area contributed by atoms with Gasteiger partial charge in [-0.25, -0.2) is 9.59 Å². The summed E-state index contributed by atoms with van der Waals surface area (Å²) in [6.45, 7) is 9.87. The SMILES string of the molecule is CCCCCCCCc1ccc(C(=O)O)c(CCOC)c1CC.CCCCCCCCc1ccc(C(=O)O)c(CCOC)c1CCC. The highest BCUT2D eigenvalue weighted by molar-refractivity contribution is 5.90. The predicted molar refractivity (Wildman–Crippen MR) is 195 cm³/mol. The van der Waals surface area contributed by atoms with Crippen LogP contribution in [0, 0.1) is 0 Å². The average molecular weight is 655 g/mol. The van der Waals surface area contributed by atoms with Crippen molar-refractivity contribution in [3.63, 3.8) is 0 Å². The number of hydrogen-bond donors (Lipinski definition) is 2. The number of benzene rings is 2. The number of hydrogen-bond acceptors (Lipinski definition) is 4. The van der Waals surface area contributed by atoms with Gasteiger partial charge in [-0.15, -0.1) is 0 Å². The molecule has 0 fully saturated rings. The normalized spacial score (nSPS) is 10.9. The first-order chi connectivity index (χ1) is 22.8. The lowest BCUT2D eigenvalue weighted by Crippen LogP contribution is -2.11. The Bertz CT molecular complexity index is 1160. The first kappa shape index (κ1) is 42.3. The fourth-order valence-corrected chi connectivity index (χ4v) is 6.52. The van der Waals surface area contributed by atoms with Gasteiger partial charge in [0.05, 0.1) is 24.3 Å². The third-order valence-corrected chi connectivity index (χ3v) is 9.08. The van der Waals surface area contributed by atoms with Gasteiger partial charge in [0.2, 0.25) is 0 Å². The van der Waals surface area contributed by atoms with Crippen LogP contribution in [0.5, 0.6) is 0 Å². The van der Waals surface area contributed by atoms with E-state index in [9.17, 15) is 19.8 Å². The maximum Gasteiger partial charge on any atom is 0.335 e. The molecule has 2 N–H and O–H groups in total. The van der Waals surface area contributed by atoms with Crippen LogP contribution >= 0.6 is 0 Å². The molecule has 2 aromatic carbocycles. The molecule has 266 valence electrons. The highest BCUT2D eigenvalue weighted by Gasteiger charge is 2.18. The minimum Gasteiger partial charge on any atom is -0.478 e. The zero-order valence-electron chi connectivity index (χ0n) is 30.7. The molecule has 6 heteroatoms. The smallest absolute Gasteiger partial charge is 0.335 e. The van der Waals surface area contributed by atoms with Gasteiger partial charge in [0.15, 0.2) is 0 Å². The summed E-state index contributed by atoms with van der Waals surface area (Å²) in [6, 6.07) is 7.62. The van der Waals surface area contributed by atoms with E-state index >= 15 is 0 Å². The number of unbranched alkanes of at least 4 members (excludes halogenated alkanes) is 10. The lowest BCUT2D eigenvalue weighted by molar-refractivity contribution is 0.0684. The molecule has 0 radical (unpaired) electrons. The molecule has 0 bridgehead atoms. The summed E-state index contributed by atoms with van der Waals surface area (Å²) >= 11 is 0. The number of rotatable bonds is 25. The average Bonchev–Trinajstić information content (AvgIpc) is 3.06. The van der Waals surface area contributed by atoms with Crippen LogP contribution in [-0.4, -0.2) is 49.6 Å². The van der Waals surface area contributed by atoms with Crippen LogP contribution in [0.3, 0.4) is 0 Å². The molecule has 0 aliphatic heterocycles. The summed E-state index contributed by atoms with van der Waals surface area (Å²) in [5, 5.41) is 18.9. The highest BCUT2D eigenvalue weighted by atomic mass is 16.5. The van der Waals surface area contributed by atoms with Gasteiger partial charge in [-0.05, 0) is 96.9 Å². The van der Waals surface area contributed by atoms with Gasteiger partial charge in [-0.1, -0.05) is 110 Å². The Kier molecular flexibility index (Phi) is 23.7. The van der Waals surface area contributed by atoms with Crippen LogP contribution in [0.4, 0.5) is 0 Å². The number of ether oxygens (including phenoxy) is 2. The van der Waals surface area contributed by atoms with E-state index in [1.54, 1.807) is 26.4 Å². The number of methoxy groups -OCH3 is 2. The summed E-state index contributed by atoms with van der Waals surface area (Å²) in [4.78, 5) is 23.1. The molecular formula is C41H66O6. The first-order valence-electron chi connectivity index (χ1n) is 18.5. The molecule has 0 spiro atoms. The summed E-state index contributed by atoms with van der Waals surface area (Å²) in [7, 11) is 3.33. The van der Waals surface area contributed by atoms with Crippen LogP contribution in [0.2, 0.25) is 0 Å². The van der Waals surface area contributed by atoms with E-state index in [-0.39, 0.29) is 0 Å². The molecule has 0 saturated carbocycles. The maximum atomic E-state index is 11.6. The molecule has 47 heavy (non-hydrogen) atoms. The van der Waals surface area contributed by atoms with Crippen LogP contribution in [0.15, 0.2) is 24.3 Å². The van der Waals surface area contributed by atoms with E-state index in [4.69, 9.17) is 9.47 Å². The Morgan fingerprint density at radius 2 is 0.894 bits per heavy atom. The monoisotopic (exact) mass is 654 g/mol. The van der Waals surface area contributed by atoms with Gasteiger partial charge >= 0.3 is 11.9 Å². The van der Waals surface area contributed by atoms with E-state index < -0.39 is 11.9 Å². The minimum atomic E-state index is -0.836. The van der Waals surface area contributed by atoms with Crippen LogP contribution in [0.25, 0.3) is 0 Å². The molecule has 0 atom stereocenters. The molecule has 0 aromatic heterocycles. The van der Waals surface area contributed by atoms with E-state index in [2.05, 4.69) is 27.7 Å². The molecule has 0 amide bonds. The van der Waals surface area contributed by atoms with Crippen molar-refractivity contribution in [3.05, 3.63) is 68.8 Å². The second-order valence-corrected chi connectivity index (χ2v) is 12.7. The molecule has 0 aliphatic rings. The first-order valence-corrected chi connectivity index (χ1v) is 18.5. The molecule has 2 rings (SSSR count). The molecule has 0 heterocycles. The lowest BCUT2D eigenvalue weighted by atomic mass is 9.89. The van der Waals surface area contributed by atoms with Crippen molar-refractivity contribution in [1.82, 2.24) is 0 Å². The van der Waals surface area contributed by atoms with Gasteiger partial charge in [-0.2, -0.15) is 0 Å². The molecule has 0 saturated heterocycles. The molecular weight excluding hydrogens is 588 g/mol. The van der Waals surface area contributed by atoms with Gasteiger partial charge in [0.25, 0.3) is 0 Å². The summed E-state index contributed by atoms with van der Waals surface area (Å²) in [6.07, 6.45) is 21.7. The van der Waals surface area contributed by atoms with Crippen molar-refractivity contribution in [2.45, 2.75) is 150 Å². The van der Waals surface area contributed by atoms with Crippen LogP contribution in [-0.2, 0) is 48.0 Å². The Balaban J connectivity index is 0.000000470. The van der Waals surface area contributed by atoms with Gasteiger partial charge in [0.1, 0.15) is 0 Å². The van der Waals surface area contributed by atoms with E-state index in [0.29, 0.717) is 37.2 Å². The highest BCUT2D eigenvalue weighted by Crippen LogP contribution is 2.25. The maximum absolute atomic E-state index is 11.6. The van der Waals surface area contributed by atoms with Crippen molar-refractivity contribution in [1.29, 1.82) is 0 Å². The van der Waals surface area contributed by atoms with Gasteiger partial charge < -0.3 is 19.7 Å². The topological polar surface area (TPSA) is 93.1 Å². The van der Waals surface area contributed by atoms with Crippen molar-refractivity contribution >= 4 is 11.9 Å². The third kappa shape index (κ3) is 15.8. The van der Waals surface area contributed by atoms with E-state index in [1.165, 1.54) is 99.3 Å². The predicted octanol–water partition coefficient (Wildman–Crippen LogP) is 10.5. The third-order valence-electron chi connectivity index (χ3n) is 9.08. The number of aromatic carboxylic acids is 2. The summed E-state index contributed by atoms with van der Waals surface area (Å²) in [5.74, 6) is -1.67. The molecule has 0 unspecified atom stereocenters. The van der Waals surface area contributed by atoms with E-state index in [1.807, 2.05) is 12.1 Å². The van der Waals surface area contributed by atoms with Gasteiger partial charge in [-0.3, -0.25) is 0 Å². The minimum absolute atomic E-state index is 0.436. The van der Waals surface area contributed by atoms with Crippen molar-refractivity contribution in [3.8, 4) is 0 Å². The second kappa shape index (κ2) is 26.3. The fraction of sp³-hybridized carbons (Fsp3) is 0.659. The van der Waals surface area contributed by atoms with Crippen LogP contribution in [0.1, 0.15) is 165 Å². The van der Waals surface area contributed by atoms with Crippen molar-refractivity contribution in [2.24, 2.45) is 0 Å². The lowest BCUT2D eigenvalue weighted by Gasteiger charge is -2.17. The van der Waals surface area contributed by atoms with Crippen molar-refractivity contribution < 1.29 is 29.3 Å². The fourth-order valence-electron chi connectivity index (χ4n) is 6.52. The number of aryl methyl sites for hydroxylation is 2. The number of carboxylic acids is 2. The molecule has 0 aliphatic carbocycles. The molecule has 2 aromatic rings. The number of carbonyl (C=O) groups is 2. The Labute approximate surface area is 286 Å². The summed E-state index contributed by atoms with van der Waals surface area (Å²) < 4.78 is 10.4. The standard InChI is InChI=1S/C21H34O3.C20H32O3/c1-4-6-7-8-9-10-12-17-13-14-20(21(22)23)19(15-16-24-3)18(17)11-5-2;1-4-6-7-8-9-10-11-16-12-13-19(20(21)22)18(14-15-23-3)17(16)5-2/h13-14H,4-12,15-16H2,1-3H3,(H,22,23);12-13H,4-11,14-15H2,1-3H3,(H,21,22). The Morgan fingerprint density at radius 1 is 0.489 bits per heavy atom. The number of carboxylic acid groups (broad SMARTS) is 2. The largest absolute Gasteiger partial charge is 0.478 e. The quantitative estimate of drug-likeness (QED) is 0.104.